The summed E-state index contributed by atoms with van der Waals surface area (Å²) in [5, 5.41) is 6.71. The average Bonchev–Trinajstić information content (AvgIpc) is 2.96. The van der Waals surface area contributed by atoms with Crippen LogP contribution in [0.5, 0.6) is 0 Å². The molecule has 0 radical (unpaired) electrons. The Morgan fingerprint density at radius 2 is 2.00 bits per heavy atom. The quantitative estimate of drug-likeness (QED) is 0.394. The van der Waals surface area contributed by atoms with Gasteiger partial charge < -0.3 is 10.2 Å². The van der Waals surface area contributed by atoms with E-state index in [1.807, 2.05) is 33.2 Å². The van der Waals surface area contributed by atoms with Crippen LogP contribution in [0, 0.1) is 12.8 Å². The SMILES string of the molecule is C=CCN(CC=C)C(CNC(=NC)N(C)Cc1csc(C)n1)C(C)C. The van der Waals surface area contributed by atoms with E-state index in [0.29, 0.717) is 12.0 Å². The van der Waals surface area contributed by atoms with Crippen molar-refractivity contribution in [2.24, 2.45) is 10.9 Å². The number of aromatic nitrogens is 1. The highest BCUT2D eigenvalue weighted by Gasteiger charge is 2.21. The van der Waals surface area contributed by atoms with Gasteiger partial charge in [0.15, 0.2) is 5.96 Å². The van der Waals surface area contributed by atoms with Crippen LogP contribution in [0.25, 0.3) is 0 Å². The second-order valence-corrected chi connectivity index (χ2v) is 7.55. The third-order valence-electron chi connectivity index (χ3n) is 4.07. The molecular weight excluding hydrogens is 330 g/mol. The molecule has 1 aromatic heterocycles. The number of thiazole rings is 1. The molecule has 140 valence electrons. The summed E-state index contributed by atoms with van der Waals surface area (Å²) < 4.78 is 0. The van der Waals surface area contributed by atoms with Crippen molar-refractivity contribution >= 4 is 17.3 Å². The van der Waals surface area contributed by atoms with Crippen LogP contribution >= 0.6 is 11.3 Å². The Bertz CT molecular complexity index is 554. The molecule has 1 aromatic rings. The van der Waals surface area contributed by atoms with Gasteiger partial charge in [-0.1, -0.05) is 26.0 Å². The van der Waals surface area contributed by atoms with E-state index in [1.54, 1.807) is 11.3 Å². The Hall–Kier alpha value is -1.66. The maximum absolute atomic E-state index is 4.53. The third-order valence-corrected chi connectivity index (χ3v) is 4.90. The van der Waals surface area contributed by atoms with Gasteiger partial charge in [0.2, 0.25) is 0 Å². The monoisotopic (exact) mass is 363 g/mol. The zero-order chi connectivity index (χ0) is 18.8. The molecule has 0 spiro atoms. The summed E-state index contributed by atoms with van der Waals surface area (Å²) in [6.45, 7) is 17.6. The highest BCUT2D eigenvalue weighted by molar-refractivity contribution is 7.09. The predicted octanol–water partition coefficient (Wildman–Crippen LogP) is 3.16. The minimum Gasteiger partial charge on any atom is -0.355 e. The van der Waals surface area contributed by atoms with Gasteiger partial charge >= 0.3 is 0 Å². The Kier molecular flexibility index (Phi) is 9.45. The molecule has 25 heavy (non-hydrogen) atoms. The van der Waals surface area contributed by atoms with Crippen LogP contribution in [-0.2, 0) is 6.54 Å². The molecule has 0 aliphatic carbocycles. The van der Waals surface area contributed by atoms with Crippen LogP contribution in [-0.4, -0.2) is 60.5 Å². The zero-order valence-electron chi connectivity index (χ0n) is 16.3. The smallest absolute Gasteiger partial charge is 0.193 e. The van der Waals surface area contributed by atoms with Crippen LogP contribution in [0.15, 0.2) is 35.7 Å². The first kappa shape index (κ1) is 21.4. The summed E-state index contributed by atoms with van der Waals surface area (Å²) in [5.74, 6) is 1.39. The topological polar surface area (TPSA) is 43.8 Å². The third kappa shape index (κ3) is 7.00. The first-order chi connectivity index (χ1) is 11.9. The van der Waals surface area contributed by atoms with E-state index >= 15 is 0 Å². The summed E-state index contributed by atoms with van der Waals surface area (Å²) in [6.07, 6.45) is 3.90. The molecule has 5 nitrogen and oxygen atoms in total. The first-order valence-corrected chi connectivity index (χ1v) is 9.59. The number of nitrogens with zero attached hydrogens (tertiary/aromatic N) is 4. The summed E-state index contributed by atoms with van der Waals surface area (Å²) in [6, 6.07) is 0.377. The molecule has 0 saturated heterocycles. The molecule has 1 heterocycles. The van der Waals surface area contributed by atoms with Gasteiger partial charge in [-0.25, -0.2) is 4.98 Å². The van der Waals surface area contributed by atoms with Crippen molar-refractivity contribution in [1.29, 1.82) is 0 Å². The van der Waals surface area contributed by atoms with Crippen LogP contribution in [0.3, 0.4) is 0 Å². The fourth-order valence-corrected chi connectivity index (χ4v) is 3.45. The second kappa shape index (κ2) is 11.1. The molecule has 0 aliphatic rings. The molecule has 0 aliphatic heterocycles. The van der Waals surface area contributed by atoms with Crippen molar-refractivity contribution in [2.45, 2.75) is 33.4 Å². The summed E-state index contributed by atoms with van der Waals surface area (Å²) >= 11 is 1.68. The van der Waals surface area contributed by atoms with E-state index in [9.17, 15) is 0 Å². The van der Waals surface area contributed by atoms with Crippen molar-refractivity contribution in [3.05, 3.63) is 41.4 Å². The van der Waals surface area contributed by atoms with Crippen molar-refractivity contribution in [3.63, 3.8) is 0 Å². The molecule has 6 heteroatoms. The highest BCUT2D eigenvalue weighted by Crippen LogP contribution is 2.12. The van der Waals surface area contributed by atoms with E-state index in [-0.39, 0.29) is 0 Å². The molecule has 1 atom stereocenters. The van der Waals surface area contributed by atoms with Crippen LogP contribution < -0.4 is 5.32 Å². The fraction of sp³-hybridized carbons (Fsp3) is 0.579. The van der Waals surface area contributed by atoms with Crippen LogP contribution in [0.4, 0.5) is 0 Å². The van der Waals surface area contributed by atoms with Crippen LogP contribution in [0.1, 0.15) is 24.5 Å². The molecule has 1 N–H and O–H groups in total. The van der Waals surface area contributed by atoms with E-state index < -0.39 is 0 Å². The van der Waals surface area contributed by atoms with Gasteiger partial charge in [0.25, 0.3) is 0 Å². The van der Waals surface area contributed by atoms with E-state index in [0.717, 1.165) is 42.8 Å². The van der Waals surface area contributed by atoms with Crippen molar-refractivity contribution < 1.29 is 0 Å². The largest absolute Gasteiger partial charge is 0.355 e. The van der Waals surface area contributed by atoms with Crippen molar-refractivity contribution in [2.75, 3.05) is 33.7 Å². The predicted molar refractivity (Wildman–Crippen MR) is 110 cm³/mol. The molecule has 0 aromatic carbocycles. The number of nitrogens with one attached hydrogen (secondary N) is 1. The zero-order valence-corrected chi connectivity index (χ0v) is 17.1. The van der Waals surface area contributed by atoms with Gasteiger partial charge in [0.1, 0.15) is 0 Å². The van der Waals surface area contributed by atoms with E-state index in [2.05, 4.69) is 57.5 Å². The molecule has 0 amide bonds. The minimum atomic E-state index is 0.377. The van der Waals surface area contributed by atoms with E-state index in [4.69, 9.17) is 0 Å². The van der Waals surface area contributed by atoms with Gasteiger partial charge in [-0.15, -0.1) is 24.5 Å². The maximum Gasteiger partial charge on any atom is 0.193 e. The lowest BCUT2D eigenvalue weighted by molar-refractivity contribution is 0.189. The molecule has 1 rings (SSSR count). The molecule has 0 bridgehead atoms. The van der Waals surface area contributed by atoms with Crippen molar-refractivity contribution in [1.82, 2.24) is 20.1 Å². The first-order valence-electron chi connectivity index (χ1n) is 8.71. The number of guanidine groups is 1. The Labute approximate surface area is 157 Å². The van der Waals surface area contributed by atoms with E-state index in [1.165, 1.54) is 0 Å². The number of rotatable bonds is 10. The van der Waals surface area contributed by atoms with Gasteiger partial charge in [0, 0.05) is 45.2 Å². The minimum absolute atomic E-state index is 0.377. The number of aliphatic imine (C=N–C) groups is 1. The standard InChI is InChI=1S/C19H33N5S/c1-8-10-24(11-9-2)18(15(3)4)12-21-19(20-6)23(7)13-17-14-25-16(5)22-17/h8-9,14-15,18H,1-2,10-13H2,3-7H3,(H,20,21). The number of hydrogen-bond donors (Lipinski definition) is 1. The average molecular weight is 364 g/mol. The Morgan fingerprint density at radius 3 is 2.44 bits per heavy atom. The lowest BCUT2D eigenvalue weighted by Gasteiger charge is -2.34. The molecule has 0 saturated carbocycles. The molecule has 0 fully saturated rings. The molecular formula is C19H33N5S. The lowest BCUT2D eigenvalue weighted by atomic mass is 10.0. The molecule has 1 unspecified atom stereocenters. The van der Waals surface area contributed by atoms with Crippen LogP contribution in [0.2, 0.25) is 0 Å². The summed E-state index contributed by atoms with van der Waals surface area (Å²) in [4.78, 5) is 13.4. The number of aryl methyl sites for hydroxylation is 1. The summed E-state index contributed by atoms with van der Waals surface area (Å²) in [5.41, 5.74) is 1.08. The van der Waals surface area contributed by atoms with Gasteiger partial charge in [-0.2, -0.15) is 0 Å². The second-order valence-electron chi connectivity index (χ2n) is 6.48. The lowest BCUT2D eigenvalue weighted by Crippen LogP contribution is -2.49. The highest BCUT2D eigenvalue weighted by atomic mass is 32.1. The summed E-state index contributed by atoms with van der Waals surface area (Å²) in [7, 11) is 3.86. The Morgan fingerprint density at radius 1 is 1.36 bits per heavy atom. The van der Waals surface area contributed by atoms with Gasteiger partial charge in [-0.3, -0.25) is 9.89 Å². The van der Waals surface area contributed by atoms with Gasteiger partial charge in [-0.05, 0) is 12.8 Å². The fourth-order valence-electron chi connectivity index (χ4n) is 2.84. The maximum atomic E-state index is 4.53. The number of hydrogen-bond acceptors (Lipinski definition) is 4. The Balaban J connectivity index is 2.70. The van der Waals surface area contributed by atoms with Crippen molar-refractivity contribution in [3.8, 4) is 0 Å². The normalized spacial score (nSPS) is 13.2. The van der Waals surface area contributed by atoms with Gasteiger partial charge in [0.05, 0.1) is 17.2 Å².